The van der Waals surface area contributed by atoms with E-state index in [1.165, 1.54) is 38.5 Å². The van der Waals surface area contributed by atoms with Crippen molar-refractivity contribution >= 4 is 5.95 Å². The number of hydrogen-bond donors (Lipinski definition) is 1. The van der Waals surface area contributed by atoms with Gasteiger partial charge in [0.25, 0.3) is 0 Å². The minimum atomic E-state index is 0.514. The molecule has 1 heterocycles. The van der Waals surface area contributed by atoms with Crippen LogP contribution in [0, 0.1) is 5.41 Å². The minimum Gasteiger partial charge on any atom is -0.439 e. The van der Waals surface area contributed by atoms with Gasteiger partial charge in [-0.05, 0) is 43.2 Å². The molecule has 2 aliphatic rings. The number of hydrogen-bond acceptors (Lipinski definition) is 4. The van der Waals surface area contributed by atoms with Crippen molar-refractivity contribution in [3.63, 3.8) is 0 Å². The molecule has 0 radical (unpaired) electrons. The van der Waals surface area contributed by atoms with Gasteiger partial charge in [-0.2, -0.15) is 4.98 Å². The Hall–Kier alpha value is -2.10. The molecule has 1 N–H and O–H groups in total. The number of para-hydroxylation sites is 1. The minimum absolute atomic E-state index is 0.514. The van der Waals surface area contributed by atoms with Gasteiger partial charge < -0.3 is 10.1 Å². The Morgan fingerprint density at radius 1 is 1.05 bits per heavy atom. The average Bonchev–Trinajstić information content (AvgIpc) is 3.05. The van der Waals surface area contributed by atoms with Gasteiger partial charge in [0, 0.05) is 18.3 Å². The molecule has 0 bridgehead atoms. The van der Waals surface area contributed by atoms with E-state index in [0.29, 0.717) is 23.3 Å². The van der Waals surface area contributed by atoms with Crippen LogP contribution in [0.4, 0.5) is 5.95 Å². The molecule has 4 rings (SSSR count). The highest BCUT2D eigenvalue weighted by molar-refractivity contribution is 5.34. The van der Waals surface area contributed by atoms with E-state index in [4.69, 9.17) is 4.74 Å². The van der Waals surface area contributed by atoms with E-state index in [1.807, 2.05) is 30.3 Å². The molecule has 2 aromatic rings. The van der Waals surface area contributed by atoms with Crippen LogP contribution in [-0.4, -0.2) is 16.0 Å². The zero-order valence-corrected chi connectivity index (χ0v) is 12.7. The van der Waals surface area contributed by atoms with E-state index in [2.05, 4.69) is 15.3 Å². The van der Waals surface area contributed by atoms with E-state index in [9.17, 15) is 0 Å². The molecule has 2 aliphatic carbocycles. The summed E-state index contributed by atoms with van der Waals surface area (Å²) in [5.41, 5.74) is 0.514. The molecule has 0 amide bonds. The number of ether oxygens (including phenoxy) is 1. The summed E-state index contributed by atoms with van der Waals surface area (Å²) in [7, 11) is 0. The van der Waals surface area contributed by atoms with Crippen molar-refractivity contribution in [3.05, 3.63) is 42.6 Å². The van der Waals surface area contributed by atoms with E-state index in [-0.39, 0.29) is 0 Å². The Bertz CT molecular complexity index is 638. The lowest BCUT2D eigenvalue weighted by Crippen LogP contribution is -2.48. The van der Waals surface area contributed by atoms with Crippen LogP contribution in [0.5, 0.6) is 11.6 Å². The van der Waals surface area contributed by atoms with Crippen LogP contribution >= 0.6 is 0 Å². The predicted octanol–water partition coefficient (Wildman–Crippen LogP) is 4.40. The summed E-state index contributed by atoms with van der Waals surface area (Å²) in [6, 6.07) is 12.1. The van der Waals surface area contributed by atoms with Crippen molar-refractivity contribution < 1.29 is 4.74 Å². The third-order valence-electron chi connectivity index (χ3n) is 5.17. The van der Waals surface area contributed by atoms with E-state index < -0.39 is 0 Å². The molecule has 0 saturated heterocycles. The second-order valence-corrected chi connectivity index (χ2v) is 6.44. The second-order valence-electron chi connectivity index (χ2n) is 6.44. The van der Waals surface area contributed by atoms with Gasteiger partial charge in [0.15, 0.2) is 0 Å². The van der Waals surface area contributed by atoms with Gasteiger partial charge in [-0.25, -0.2) is 4.98 Å². The lowest BCUT2D eigenvalue weighted by molar-refractivity contribution is 0.116. The van der Waals surface area contributed by atoms with Crippen LogP contribution in [0.2, 0.25) is 0 Å². The molecule has 1 unspecified atom stereocenters. The van der Waals surface area contributed by atoms with Gasteiger partial charge >= 0.3 is 0 Å². The van der Waals surface area contributed by atoms with Crippen LogP contribution in [0.15, 0.2) is 42.6 Å². The molecule has 2 saturated carbocycles. The van der Waals surface area contributed by atoms with E-state index in [1.54, 1.807) is 12.3 Å². The predicted molar refractivity (Wildman–Crippen MR) is 86.1 cm³/mol. The molecular weight excluding hydrogens is 274 g/mol. The Morgan fingerprint density at radius 3 is 2.59 bits per heavy atom. The van der Waals surface area contributed by atoms with Crippen molar-refractivity contribution in [2.75, 3.05) is 5.32 Å². The van der Waals surface area contributed by atoms with E-state index >= 15 is 0 Å². The standard InChI is InChI=1S/C18H21N3O/c1-2-6-14(7-3-1)22-16-9-13-19-17(21-16)20-15-8-12-18(15)10-4-5-11-18/h1-3,6-7,9,13,15H,4-5,8,10-12H2,(H,19,20,21). The molecule has 1 aromatic carbocycles. The van der Waals surface area contributed by atoms with E-state index in [0.717, 1.165) is 5.75 Å². The van der Waals surface area contributed by atoms with Crippen LogP contribution in [0.1, 0.15) is 38.5 Å². The third-order valence-corrected chi connectivity index (χ3v) is 5.17. The fourth-order valence-corrected chi connectivity index (χ4v) is 3.83. The molecule has 22 heavy (non-hydrogen) atoms. The van der Waals surface area contributed by atoms with Crippen molar-refractivity contribution in [2.24, 2.45) is 5.41 Å². The quantitative estimate of drug-likeness (QED) is 0.908. The number of benzene rings is 1. The van der Waals surface area contributed by atoms with Gasteiger partial charge in [-0.3, -0.25) is 0 Å². The SMILES string of the molecule is c1ccc(Oc2ccnc(NC3CCC34CCCC4)n2)cc1. The number of aromatic nitrogens is 2. The number of anilines is 1. The van der Waals surface area contributed by atoms with Gasteiger partial charge in [-0.15, -0.1) is 0 Å². The third kappa shape index (κ3) is 2.54. The molecule has 2 fully saturated rings. The maximum absolute atomic E-state index is 5.78. The fraction of sp³-hybridized carbons (Fsp3) is 0.444. The molecule has 4 nitrogen and oxygen atoms in total. The summed E-state index contributed by atoms with van der Waals surface area (Å²) in [6.45, 7) is 0. The maximum Gasteiger partial charge on any atom is 0.226 e. The zero-order valence-electron chi connectivity index (χ0n) is 12.7. The first-order valence-electron chi connectivity index (χ1n) is 8.17. The Kier molecular flexibility index (Phi) is 3.45. The molecule has 0 aliphatic heterocycles. The van der Waals surface area contributed by atoms with Crippen LogP contribution in [-0.2, 0) is 0 Å². The number of nitrogens with zero attached hydrogens (tertiary/aromatic N) is 2. The largest absolute Gasteiger partial charge is 0.439 e. The van der Waals surface area contributed by atoms with Crippen molar-refractivity contribution in [1.82, 2.24) is 9.97 Å². The fourth-order valence-electron chi connectivity index (χ4n) is 3.83. The first kappa shape index (κ1) is 13.6. The first-order valence-corrected chi connectivity index (χ1v) is 8.17. The van der Waals surface area contributed by atoms with Crippen molar-refractivity contribution in [3.8, 4) is 11.6 Å². The van der Waals surface area contributed by atoms with Crippen LogP contribution < -0.4 is 10.1 Å². The van der Waals surface area contributed by atoms with Gasteiger partial charge in [0.2, 0.25) is 11.8 Å². The van der Waals surface area contributed by atoms with Gasteiger partial charge in [0.1, 0.15) is 5.75 Å². The summed E-state index contributed by atoms with van der Waals surface area (Å²) in [4.78, 5) is 8.86. The number of rotatable bonds is 4. The lowest BCUT2D eigenvalue weighted by atomic mass is 9.63. The highest BCUT2D eigenvalue weighted by Gasteiger charge is 2.48. The summed E-state index contributed by atoms with van der Waals surface area (Å²) in [6.07, 6.45) is 9.79. The number of nitrogens with one attached hydrogen (secondary N) is 1. The van der Waals surface area contributed by atoms with Gasteiger partial charge in [0.05, 0.1) is 0 Å². The molecule has 114 valence electrons. The van der Waals surface area contributed by atoms with Crippen LogP contribution in [0.3, 0.4) is 0 Å². The monoisotopic (exact) mass is 295 g/mol. The smallest absolute Gasteiger partial charge is 0.226 e. The highest BCUT2D eigenvalue weighted by Crippen LogP contribution is 2.53. The zero-order chi connectivity index (χ0) is 14.8. The Labute approximate surface area is 130 Å². The first-order chi connectivity index (χ1) is 10.8. The summed E-state index contributed by atoms with van der Waals surface area (Å²) >= 11 is 0. The summed E-state index contributed by atoms with van der Waals surface area (Å²) < 4.78 is 5.78. The topological polar surface area (TPSA) is 47.0 Å². The Balaban J connectivity index is 1.46. The summed E-state index contributed by atoms with van der Waals surface area (Å²) in [5, 5.41) is 3.54. The molecule has 1 atom stereocenters. The van der Waals surface area contributed by atoms with Crippen molar-refractivity contribution in [2.45, 2.75) is 44.6 Å². The summed E-state index contributed by atoms with van der Waals surface area (Å²) in [5.74, 6) is 2.07. The normalized spacial score (nSPS) is 22.3. The molecule has 1 aromatic heterocycles. The highest BCUT2D eigenvalue weighted by atomic mass is 16.5. The lowest BCUT2D eigenvalue weighted by Gasteiger charge is -2.47. The van der Waals surface area contributed by atoms with Gasteiger partial charge in [-0.1, -0.05) is 31.0 Å². The molecule has 1 spiro atoms. The Morgan fingerprint density at radius 2 is 1.86 bits per heavy atom. The van der Waals surface area contributed by atoms with Crippen LogP contribution in [0.25, 0.3) is 0 Å². The average molecular weight is 295 g/mol. The second kappa shape index (κ2) is 5.59. The maximum atomic E-state index is 5.78. The molecular formula is C18H21N3O. The molecule has 4 heteroatoms. The van der Waals surface area contributed by atoms with Crippen molar-refractivity contribution in [1.29, 1.82) is 0 Å².